The number of carbonyl (C=O) groups is 2. The summed E-state index contributed by atoms with van der Waals surface area (Å²) in [6, 6.07) is 9.95. The first-order valence-electron chi connectivity index (χ1n) is 28.2. The van der Waals surface area contributed by atoms with Gasteiger partial charge in [0.25, 0.3) is 0 Å². The van der Waals surface area contributed by atoms with E-state index < -0.39 is 29.0 Å². The average Bonchev–Trinajstić information content (AvgIpc) is 3.91. The predicted octanol–water partition coefficient (Wildman–Crippen LogP) is 8.01. The number of amides is 2. The van der Waals surface area contributed by atoms with Crippen LogP contribution in [-0.2, 0) is 27.8 Å². The van der Waals surface area contributed by atoms with Gasteiger partial charge in [-0.25, -0.2) is 14.6 Å². The molecule has 7 aromatic rings. The molecule has 4 N–H and O–H groups in total. The molecule has 3 fully saturated rings. The number of likely N-dealkylation sites (tertiary alicyclic amines) is 2. The number of rotatable bonds is 15. The lowest BCUT2D eigenvalue weighted by atomic mass is 9.63. The molecule has 6 aromatic heterocycles. The molecule has 1 saturated carbocycles. The molecule has 12 rings (SSSR count). The van der Waals surface area contributed by atoms with Crippen molar-refractivity contribution >= 4 is 28.2 Å². The SMILES string of the molecule is Cc1nccnc1-c1ccc([C@H](C)NC(=O)[C@@H]2C[C@@H](O)CN2C(=O)[C@@H](n2cc(C3CCN(CC4(COc5cc(Oc6cncnc6)nc(-c6noc7c6CCC[C@@]76CCCc7sc(N)c(C#N)c76)n5)CC4)CC3)nn2)C(C)(C)C)cc1. The van der Waals surface area contributed by atoms with Crippen LogP contribution in [0.3, 0.4) is 0 Å². The Morgan fingerprint density at radius 2 is 1.75 bits per heavy atom. The summed E-state index contributed by atoms with van der Waals surface area (Å²) in [5, 5.41) is 38.7. The zero-order valence-corrected chi connectivity index (χ0v) is 47.2. The summed E-state index contributed by atoms with van der Waals surface area (Å²) in [6.07, 6.45) is 18.0. The highest BCUT2D eigenvalue weighted by Gasteiger charge is 2.50. The minimum atomic E-state index is -0.856. The molecule has 0 unspecified atom stereocenters. The van der Waals surface area contributed by atoms with Crippen molar-refractivity contribution in [3.63, 3.8) is 0 Å². The number of aryl methyl sites for hydroxylation is 2. The number of aliphatic hydroxyl groups excluding tert-OH is 1. The van der Waals surface area contributed by atoms with Gasteiger partial charge in [0.2, 0.25) is 23.6 Å². The number of nitrogens with one attached hydrogen (secondary N) is 1. The van der Waals surface area contributed by atoms with Crippen LogP contribution in [0.5, 0.6) is 17.5 Å². The van der Waals surface area contributed by atoms with E-state index in [0.717, 1.165) is 134 Å². The maximum atomic E-state index is 14.7. The fraction of sp³-hybridized carbons (Fsp3) is 0.492. The molecular formula is C59H67N15O6S. The van der Waals surface area contributed by atoms with Crippen LogP contribution in [0.4, 0.5) is 5.00 Å². The molecular weight excluding hydrogens is 1050 g/mol. The Morgan fingerprint density at radius 1 is 1.01 bits per heavy atom. The number of aromatic nitrogens is 10. The number of ether oxygens (including phenoxy) is 2. The summed E-state index contributed by atoms with van der Waals surface area (Å²) >= 11 is 1.51. The molecule has 22 heteroatoms. The Balaban J connectivity index is 0.694. The van der Waals surface area contributed by atoms with Crippen molar-refractivity contribution in [1.29, 1.82) is 5.26 Å². The third kappa shape index (κ3) is 10.6. The Hall–Kier alpha value is -7.74. The van der Waals surface area contributed by atoms with Gasteiger partial charge in [-0.1, -0.05) is 55.4 Å². The lowest BCUT2D eigenvalue weighted by molar-refractivity contribution is -0.144. The van der Waals surface area contributed by atoms with Crippen LogP contribution in [0.1, 0.15) is 148 Å². The normalized spacial score (nSPS) is 21.4. The standard InChI is InChI=1S/C59H67N15O6S/c1-34(36-10-12-38(13-11-36)49-35(2)64-20-21-65-49)66-55(76)44-24-39(75)29-73(44)56(77)51(57(3,4)5)74-30-43(69-71-74)37-14-22-72(23-15-37)31-58(18-19-58)32-78-46-25-47(79-40-27-62-33-63-28-40)68-54(67-46)50-41-8-6-16-59(52(41)80-70-50)17-7-9-45-48(59)42(26-60)53(61)81-45/h10-13,20-21,25,27-28,30,33-34,37,39,44,51,75H,6-9,14-19,22-24,29,31-32,61H2,1-5H3,(H,66,76)/t34-,39+,44-,51+,59-/m0/s1. The van der Waals surface area contributed by atoms with Crippen molar-refractivity contribution < 1.29 is 28.7 Å². The summed E-state index contributed by atoms with van der Waals surface area (Å²) in [5.74, 6) is 1.65. The van der Waals surface area contributed by atoms with Crippen LogP contribution < -0.4 is 20.5 Å². The topological polar surface area (TPSA) is 275 Å². The molecule has 420 valence electrons. The third-order valence-electron chi connectivity index (χ3n) is 17.2. The number of hydrogen-bond donors (Lipinski definition) is 3. The van der Waals surface area contributed by atoms with Crippen LogP contribution in [0.2, 0.25) is 0 Å². The number of fused-ring (bicyclic) bond motifs is 4. The highest BCUT2D eigenvalue weighted by molar-refractivity contribution is 7.16. The zero-order chi connectivity index (χ0) is 56.2. The number of piperidine rings is 1. The maximum absolute atomic E-state index is 14.7. The Kier molecular flexibility index (Phi) is 14.4. The second kappa shape index (κ2) is 21.6. The van der Waals surface area contributed by atoms with Gasteiger partial charge in [0.05, 0.1) is 65.3 Å². The van der Waals surface area contributed by atoms with Crippen LogP contribution in [0.25, 0.3) is 22.8 Å². The smallest absolute Gasteiger partial charge is 0.248 e. The molecule has 0 radical (unpaired) electrons. The number of nitrogens with zero attached hydrogens (tertiary/aromatic N) is 13. The first-order valence-corrected chi connectivity index (χ1v) is 29.0. The Morgan fingerprint density at radius 3 is 2.48 bits per heavy atom. The third-order valence-corrected chi connectivity index (χ3v) is 18.3. The Labute approximate surface area is 473 Å². The molecule has 21 nitrogen and oxygen atoms in total. The highest BCUT2D eigenvalue weighted by atomic mass is 32.1. The van der Waals surface area contributed by atoms with E-state index in [1.54, 1.807) is 35.5 Å². The molecule has 0 bridgehead atoms. The monoisotopic (exact) mass is 1110 g/mol. The second-order valence-corrected chi connectivity index (χ2v) is 25.0. The van der Waals surface area contributed by atoms with Gasteiger partial charge in [0.15, 0.2) is 23.0 Å². The molecule has 1 aromatic carbocycles. The van der Waals surface area contributed by atoms with Crippen molar-refractivity contribution in [2.45, 2.75) is 141 Å². The molecule has 2 aliphatic heterocycles. The second-order valence-electron chi connectivity index (χ2n) is 23.9. The van der Waals surface area contributed by atoms with Crippen molar-refractivity contribution in [3.05, 3.63) is 112 Å². The van der Waals surface area contributed by atoms with E-state index in [-0.39, 0.29) is 48.0 Å². The largest absolute Gasteiger partial charge is 0.477 e. The van der Waals surface area contributed by atoms with Gasteiger partial charge in [-0.3, -0.25) is 19.6 Å². The maximum Gasteiger partial charge on any atom is 0.248 e. The Bertz CT molecular complexity index is 3500. The number of nitrogen functional groups attached to an aromatic ring is 1. The molecule has 2 amide bonds. The molecule has 2 saturated heterocycles. The van der Waals surface area contributed by atoms with E-state index >= 15 is 0 Å². The van der Waals surface area contributed by atoms with E-state index in [1.807, 2.05) is 65.1 Å². The fourth-order valence-corrected chi connectivity index (χ4v) is 14.0. The number of thiophene rings is 1. The molecule has 3 aliphatic carbocycles. The van der Waals surface area contributed by atoms with Crippen molar-refractivity contribution in [2.75, 3.05) is 38.5 Å². The molecule has 81 heavy (non-hydrogen) atoms. The highest BCUT2D eigenvalue weighted by Crippen LogP contribution is 2.55. The number of aliphatic hydroxyl groups is 1. The lowest BCUT2D eigenvalue weighted by Gasteiger charge is -2.39. The van der Waals surface area contributed by atoms with Crippen LogP contribution >= 0.6 is 11.3 Å². The molecule has 8 heterocycles. The van der Waals surface area contributed by atoms with E-state index in [4.69, 9.17) is 29.7 Å². The zero-order valence-electron chi connectivity index (χ0n) is 46.3. The summed E-state index contributed by atoms with van der Waals surface area (Å²) < 4.78 is 20.8. The summed E-state index contributed by atoms with van der Waals surface area (Å²) in [6.45, 7) is 12.8. The number of hydrogen-bond acceptors (Lipinski definition) is 19. The van der Waals surface area contributed by atoms with Gasteiger partial charge in [0, 0.05) is 65.4 Å². The predicted molar refractivity (Wildman–Crippen MR) is 299 cm³/mol. The number of anilines is 1. The van der Waals surface area contributed by atoms with Crippen molar-refractivity contribution in [2.24, 2.45) is 10.8 Å². The average molecular weight is 1110 g/mol. The van der Waals surface area contributed by atoms with Gasteiger partial charge < -0.3 is 40.0 Å². The number of carbonyl (C=O) groups excluding carboxylic acids is 2. The van der Waals surface area contributed by atoms with E-state index in [9.17, 15) is 20.0 Å². The van der Waals surface area contributed by atoms with Gasteiger partial charge in [-0.05, 0) is 108 Å². The number of β-amino-alcohol motifs (C(OH)–C–C–N with tert-alkyl or cyclic N) is 1. The first kappa shape index (κ1) is 53.9. The van der Waals surface area contributed by atoms with E-state index in [2.05, 4.69) is 51.7 Å². The van der Waals surface area contributed by atoms with Gasteiger partial charge in [0.1, 0.15) is 29.5 Å². The molecule has 5 atom stereocenters. The molecule has 1 spiro atoms. The number of nitrogens with two attached hydrogens (primary N) is 1. The lowest BCUT2D eigenvalue weighted by Crippen LogP contribution is -2.50. The first-order chi connectivity index (χ1) is 39.1. The molecule has 5 aliphatic rings. The van der Waals surface area contributed by atoms with Gasteiger partial charge in [-0.2, -0.15) is 15.2 Å². The fourth-order valence-electron chi connectivity index (χ4n) is 12.9. The number of nitriles is 1. The summed E-state index contributed by atoms with van der Waals surface area (Å²) in [4.78, 5) is 60.8. The van der Waals surface area contributed by atoms with Crippen molar-refractivity contribution in [1.82, 2.24) is 65.2 Å². The minimum Gasteiger partial charge on any atom is -0.477 e. The van der Waals surface area contributed by atoms with Gasteiger partial charge >= 0.3 is 0 Å². The number of benzene rings is 1. The van der Waals surface area contributed by atoms with E-state index in [0.29, 0.717) is 40.3 Å². The van der Waals surface area contributed by atoms with Crippen LogP contribution in [0.15, 0.2) is 72.2 Å². The summed E-state index contributed by atoms with van der Waals surface area (Å²) in [7, 11) is 0. The summed E-state index contributed by atoms with van der Waals surface area (Å²) in [5.41, 5.74) is 12.6. The van der Waals surface area contributed by atoms with Gasteiger partial charge in [-0.15, -0.1) is 16.4 Å². The van der Waals surface area contributed by atoms with E-state index in [1.165, 1.54) is 22.6 Å². The van der Waals surface area contributed by atoms with Crippen LogP contribution in [-0.4, -0.2) is 122 Å². The minimum absolute atomic E-state index is 0.0430. The van der Waals surface area contributed by atoms with Crippen LogP contribution in [0, 0.1) is 29.1 Å². The quantitative estimate of drug-likeness (QED) is 0.0876. The van der Waals surface area contributed by atoms with Crippen molar-refractivity contribution in [3.8, 4) is 46.4 Å².